The van der Waals surface area contributed by atoms with E-state index in [1.165, 1.54) is 25.3 Å². The van der Waals surface area contributed by atoms with Gasteiger partial charge in [-0.25, -0.2) is 4.79 Å². The number of benzene rings is 1. The molecule has 0 saturated carbocycles. The first-order chi connectivity index (χ1) is 22.2. The molecule has 0 aliphatic rings. The van der Waals surface area contributed by atoms with Crippen LogP contribution in [-0.2, 0) is 19.1 Å². The minimum Gasteiger partial charge on any atom is -0.507 e. The Labute approximate surface area is 276 Å². The van der Waals surface area contributed by atoms with Crippen LogP contribution < -0.4 is 10.6 Å². The second-order valence-electron chi connectivity index (χ2n) is 11.4. The molecule has 46 heavy (non-hydrogen) atoms. The molecule has 254 valence electrons. The summed E-state index contributed by atoms with van der Waals surface area (Å²) in [6, 6.07) is 3.33. The van der Waals surface area contributed by atoms with Gasteiger partial charge >= 0.3 is 5.97 Å². The van der Waals surface area contributed by atoms with Crippen molar-refractivity contribution >= 4 is 23.5 Å². The number of anilines is 1. The summed E-state index contributed by atoms with van der Waals surface area (Å²) in [5, 5.41) is 15.5. The first kappa shape index (κ1) is 40.1. The number of nitrogens with one attached hydrogen (secondary N) is 2. The maximum atomic E-state index is 13.1. The second kappa shape index (κ2) is 25.3. The fraction of sp³-hybridized carbons (Fsp3) is 0.500. The molecule has 0 aliphatic carbocycles. The summed E-state index contributed by atoms with van der Waals surface area (Å²) in [5.41, 5.74) is 0.243. The summed E-state index contributed by atoms with van der Waals surface area (Å²) >= 11 is 0. The molecule has 2 atom stereocenters. The summed E-state index contributed by atoms with van der Waals surface area (Å²) < 4.78 is 10.6. The van der Waals surface area contributed by atoms with Gasteiger partial charge in [0.1, 0.15) is 23.5 Å². The van der Waals surface area contributed by atoms with Gasteiger partial charge in [-0.3, -0.25) is 9.59 Å². The molecule has 1 aromatic carbocycles. The molecule has 1 rings (SSSR count). The molecule has 1 aromatic rings. The number of methoxy groups -OCH3 is 1. The van der Waals surface area contributed by atoms with E-state index < -0.39 is 24.0 Å². The Morgan fingerprint density at radius 1 is 0.826 bits per heavy atom. The SMILES string of the molecule is CC/C=C\C/C=C\C/C=C\C/C=C\C/C=C\CCCCOC(CC)C(=O)N[C@@H](CC(C)C)C(=O)Nc1ccc(O)c(C(=O)OC)c1. The van der Waals surface area contributed by atoms with Gasteiger partial charge in [0.2, 0.25) is 11.8 Å². The number of esters is 1. The summed E-state index contributed by atoms with van der Waals surface area (Å²) in [6.07, 6.45) is 29.8. The highest BCUT2D eigenvalue weighted by molar-refractivity contribution is 5.99. The van der Waals surface area contributed by atoms with Crippen LogP contribution >= 0.6 is 0 Å². The van der Waals surface area contributed by atoms with E-state index in [1.807, 2.05) is 20.8 Å². The van der Waals surface area contributed by atoms with E-state index in [9.17, 15) is 19.5 Å². The molecule has 8 nitrogen and oxygen atoms in total. The third kappa shape index (κ3) is 18.2. The van der Waals surface area contributed by atoms with Gasteiger partial charge < -0.3 is 25.2 Å². The fourth-order valence-corrected chi connectivity index (χ4v) is 4.42. The molecular formula is C38H56N2O6. The highest BCUT2D eigenvalue weighted by Crippen LogP contribution is 2.23. The molecule has 0 aromatic heterocycles. The predicted octanol–water partition coefficient (Wildman–Crippen LogP) is 8.37. The zero-order valence-corrected chi connectivity index (χ0v) is 28.5. The minimum absolute atomic E-state index is 0.0643. The minimum atomic E-state index is -0.795. The van der Waals surface area contributed by atoms with Crippen molar-refractivity contribution in [2.75, 3.05) is 19.0 Å². The summed E-state index contributed by atoms with van der Waals surface area (Å²) in [4.78, 5) is 38.0. The van der Waals surface area contributed by atoms with Crippen LogP contribution in [0, 0.1) is 5.92 Å². The van der Waals surface area contributed by atoms with Crippen molar-refractivity contribution in [2.45, 2.75) is 104 Å². The number of aromatic hydroxyl groups is 1. The number of phenolic OH excluding ortho intramolecular Hbond substituents is 1. The van der Waals surface area contributed by atoms with Crippen LogP contribution in [0.25, 0.3) is 0 Å². The third-order valence-corrected chi connectivity index (χ3v) is 6.91. The van der Waals surface area contributed by atoms with E-state index in [1.54, 1.807) is 0 Å². The topological polar surface area (TPSA) is 114 Å². The lowest BCUT2D eigenvalue weighted by Crippen LogP contribution is -2.48. The van der Waals surface area contributed by atoms with Crippen molar-refractivity contribution in [3.8, 4) is 5.75 Å². The van der Waals surface area contributed by atoms with Crippen molar-refractivity contribution in [2.24, 2.45) is 5.92 Å². The van der Waals surface area contributed by atoms with E-state index in [0.717, 1.165) is 51.4 Å². The van der Waals surface area contributed by atoms with Crippen LogP contribution in [0.5, 0.6) is 5.75 Å². The van der Waals surface area contributed by atoms with Gasteiger partial charge in [0.05, 0.1) is 7.11 Å². The zero-order valence-electron chi connectivity index (χ0n) is 28.5. The Balaban J connectivity index is 2.40. The Morgan fingerprint density at radius 3 is 1.96 bits per heavy atom. The van der Waals surface area contributed by atoms with Crippen molar-refractivity contribution in [1.29, 1.82) is 0 Å². The van der Waals surface area contributed by atoms with E-state index >= 15 is 0 Å². The average molecular weight is 637 g/mol. The number of hydrogen-bond donors (Lipinski definition) is 3. The van der Waals surface area contributed by atoms with Crippen LogP contribution in [0.1, 0.15) is 102 Å². The summed E-state index contributed by atoms with van der Waals surface area (Å²) in [5.74, 6) is -1.59. The quantitative estimate of drug-likeness (QED) is 0.0481. The van der Waals surface area contributed by atoms with Crippen LogP contribution in [0.15, 0.2) is 79.0 Å². The zero-order chi connectivity index (χ0) is 34.0. The van der Waals surface area contributed by atoms with Crippen LogP contribution in [0.2, 0.25) is 0 Å². The van der Waals surface area contributed by atoms with Gasteiger partial charge in [-0.1, -0.05) is 88.5 Å². The van der Waals surface area contributed by atoms with Crippen molar-refractivity contribution in [3.63, 3.8) is 0 Å². The van der Waals surface area contributed by atoms with Crippen molar-refractivity contribution < 1.29 is 29.0 Å². The van der Waals surface area contributed by atoms with Gasteiger partial charge in [0.25, 0.3) is 0 Å². The maximum Gasteiger partial charge on any atom is 0.341 e. The highest BCUT2D eigenvalue weighted by atomic mass is 16.5. The predicted molar refractivity (Wildman–Crippen MR) is 188 cm³/mol. The average Bonchev–Trinajstić information content (AvgIpc) is 3.03. The number of allylic oxidation sites excluding steroid dienone is 10. The number of unbranched alkanes of at least 4 members (excludes halogenated alkanes) is 2. The number of carbonyl (C=O) groups excluding carboxylic acids is 3. The lowest BCUT2D eigenvalue weighted by molar-refractivity contribution is -0.136. The summed E-state index contributed by atoms with van der Waals surface area (Å²) in [7, 11) is 1.21. The van der Waals surface area contributed by atoms with Crippen molar-refractivity contribution in [3.05, 3.63) is 84.5 Å². The number of ether oxygens (including phenoxy) is 2. The molecule has 0 radical (unpaired) electrons. The van der Waals surface area contributed by atoms with Gasteiger partial charge in [-0.05, 0) is 88.3 Å². The molecule has 8 heteroatoms. The van der Waals surface area contributed by atoms with Gasteiger partial charge in [-0.2, -0.15) is 0 Å². The van der Waals surface area contributed by atoms with Crippen LogP contribution in [-0.4, -0.2) is 48.8 Å². The maximum absolute atomic E-state index is 13.1. The molecule has 2 amide bonds. The first-order valence-electron chi connectivity index (χ1n) is 16.6. The lowest BCUT2D eigenvalue weighted by Gasteiger charge is -2.23. The Hall–Kier alpha value is -3.91. The molecule has 0 fully saturated rings. The molecule has 3 N–H and O–H groups in total. The van der Waals surface area contributed by atoms with Gasteiger partial charge in [0.15, 0.2) is 0 Å². The molecule has 0 heterocycles. The van der Waals surface area contributed by atoms with E-state index in [0.29, 0.717) is 25.1 Å². The Kier molecular flexibility index (Phi) is 22.1. The Bertz CT molecular complexity index is 1180. The monoisotopic (exact) mass is 636 g/mol. The summed E-state index contributed by atoms with van der Waals surface area (Å²) in [6.45, 7) is 8.41. The molecule has 0 aliphatic heterocycles. The normalized spacial score (nSPS) is 13.4. The smallest absolute Gasteiger partial charge is 0.341 e. The van der Waals surface area contributed by atoms with Gasteiger partial charge in [0, 0.05) is 12.3 Å². The second-order valence-corrected chi connectivity index (χ2v) is 11.4. The first-order valence-corrected chi connectivity index (χ1v) is 16.6. The highest BCUT2D eigenvalue weighted by Gasteiger charge is 2.26. The number of carbonyl (C=O) groups is 3. The molecule has 0 spiro atoms. The molecular weight excluding hydrogens is 580 g/mol. The van der Waals surface area contributed by atoms with Crippen LogP contribution in [0.4, 0.5) is 5.69 Å². The van der Waals surface area contributed by atoms with E-state index in [2.05, 4.69) is 83.1 Å². The number of phenols is 1. The standard InChI is InChI=1S/C38H56N2O6/c1-6-8-9-10-11-12-13-14-15-16-17-18-19-20-21-22-23-24-27-46-35(7-2)37(43)40-33(28-30(3)4)36(42)39-31-25-26-34(41)32(29-31)38(44)45-5/h8-9,11-12,14-15,17-18,20-21,25-26,29-30,33,35,41H,6-7,10,13,16,19,22-24,27-28H2,1-5H3,(H,39,42)(H,40,43)/b9-8-,12-11-,15-14-,18-17-,21-20-/t33-,35?/m0/s1. The number of rotatable bonds is 23. The molecule has 0 saturated heterocycles. The van der Waals surface area contributed by atoms with E-state index in [4.69, 9.17) is 4.74 Å². The number of hydrogen-bond acceptors (Lipinski definition) is 6. The van der Waals surface area contributed by atoms with E-state index in [-0.39, 0.29) is 23.1 Å². The largest absolute Gasteiger partial charge is 0.507 e. The lowest BCUT2D eigenvalue weighted by atomic mass is 10.0. The Morgan fingerprint density at radius 2 is 1.41 bits per heavy atom. The third-order valence-electron chi connectivity index (χ3n) is 6.91. The molecule has 1 unspecified atom stereocenters. The van der Waals surface area contributed by atoms with Gasteiger partial charge in [-0.15, -0.1) is 0 Å². The number of amides is 2. The van der Waals surface area contributed by atoms with Crippen LogP contribution in [0.3, 0.4) is 0 Å². The van der Waals surface area contributed by atoms with Crippen molar-refractivity contribution in [1.82, 2.24) is 5.32 Å². The molecule has 0 bridgehead atoms. The fourth-order valence-electron chi connectivity index (χ4n) is 4.42.